The van der Waals surface area contributed by atoms with Crippen LogP contribution in [0.5, 0.6) is 0 Å². The molecule has 5 heteroatoms. The maximum atomic E-state index is 13.2. The molecule has 4 nitrogen and oxygen atoms in total. The van der Waals surface area contributed by atoms with Crippen molar-refractivity contribution in [3.63, 3.8) is 0 Å². The second kappa shape index (κ2) is 5.46. The van der Waals surface area contributed by atoms with Crippen molar-refractivity contribution in [3.8, 4) is 11.1 Å². The fraction of sp³-hybridized carbons (Fsp3) is 0.158. The number of aromatic nitrogens is 3. The fourth-order valence-electron chi connectivity index (χ4n) is 3.01. The van der Waals surface area contributed by atoms with Gasteiger partial charge < -0.3 is 0 Å². The highest BCUT2D eigenvalue weighted by atomic mass is 32.1. The normalized spacial score (nSPS) is 11.3. The van der Waals surface area contributed by atoms with Gasteiger partial charge >= 0.3 is 0 Å². The number of rotatable bonds is 2. The van der Waals surface area contributed by atoms with Crippen molar-refractivity contribution < 1.29 is 0 Å². The van der Waals surface area contributed by atoms with Crippen molar-refractivity contribution in [2.24, 2.45) is 0 Å². The first-order chi connectivity index (χ1) is 11.6. The summed E-state index contributed by atoms with van der Waals surface area (Å²) in [6.07, 6.45) is 1.61. The Balaban J connectivity index is 2.01. The third-order valence-corrected chi connectivity index (χ3v) is 5.18. The van der Waals surface area contributed by atoms with Gasteiger partial charge in [0.15, 0.2) is 0 Å². The summed E-state index contributed by atoms with van der Waals surface area (Å²) in [5.41, 5.74) is 5.16. The van der Waals surface area contributed by atoms with Gasteiger partial charge in [-0.3, -0.25) is 9.47 Å². The van der Waals surface area contributed by atoms with Crippen LogP contribution in [0, 0.1) is 20.8 Å². The molecule has 0 aliphatic carbocycles. The lowest BCUT2D eigenvalue weighted by atomic mass is 10.1. The Hall–Kier alpha value is -2.66. The molecule has 0 fully saturated rings. The maximum Gasteiger partial charge on any atom is 0.282 e. The van der Waals surface area contributed by atoms with E-state index in [-0.39, 0.29) is 5.56 Å². The average Bonchev–Trinajstić information content (AvgIpc) is 3.14. The lowest BCUT2D eigenvalue weighted by Crippen LogP contribution is -2.27. The molecular formula is C19H17N3OS. The highest BCUT2D eigenvalue weighted by Crippen LogP contribution is 2.30. The molecule has 4 rings (SSSR count). The van der Waals surface area contributed by atoms with Gasteiger partial charge in [-0.15, -0.1) is 11.3 Å². The van der Waals surface area contributed by atoms with Gasteiger partial charge in [-0.25, -0.2) is 9.66 Å². The van der Waals surface area contributed by atoms with Crippen LogP contribution in [-0.4, -0.2) is 14.3 Å². The molecule has 0 N–H and O–H groups in total. The average molecular weight is 335 g/mol. The Labute approximate surface area is 143 Å². The van der Waals surface area contributed by atoms with Gasteiger partial charge in [0.05, 0.1) is 5.39 Å². The molecular weight excluding hydrogens is 318 g/mol. The zero-order valence-electron chi connectivity index (χ0n) is 13.8. The van der Waals surface area contributed by atoms with E-state index in [4.69, 9.17) is 0 Å². The van der Waals surface area contributed by atoms with Gasteiger partial charge in [-0.05, 0) is 38.5 Å². The Morgan fingerprint density at radius 3 is 2.29 bits per heavy atom. The van der Waals surface area contributed by atoms with Gasteiger partial charge in [-0.1, -0.05) is 29.8 Å². The van der Waals surface area contributed by atoms with E-state index in [1.807, 2.05) is 36.0 Å². The third kappa shape index (κ3) is 2.20. The number of nitrogens with zero attached hydrogens (tertiary/aromatic N) is 3. The molecule has 0 unspecified atom stereocenters. The van der Waals surface area contributed by atoms with Crippen molar-refractivity contribution in [3.05, 3.63) is 75.4 Å². The quantitative estimate of drug-likeness (QED) is 0.552. The first kappa shape index (κ1) is 14.9. The van der Waals surface area contributed by atoms with Crippen LogP contribution in [0.3, 0.4) is 0 Å². The molecule has 1 aromatic carbocycles. The summed E-state index contributed by atoms with van der Waals surface area (Å²) in [5.74, 6) is 0. The predicted molar refractivity (Wildman–Crippen MR) is 98.8 cm³/mol. The number of fused-ring (bicyclic) bond motifs is 1. The highest BCUT2D eigenvalue weighted by molar-refractivity contribution is 7.17. The molecule has 0 amide bonds. The Kier molecular flexibility index (Phi) is 3.39. The van der Waals surface area contributed by atoms with E-state index in [9.17, 15) is 4.79 Å². The molecule has 0 saturated heterocycles. The molecule has 0 saturated carbocycles. The van der Waals surface area contributed by atoms with Crippen LogP contribution in [0.4, 0.5) is 0 Å². The second-order valence-electron chi connectivity index (χ2n) is 6.02. The fourth-order valence-corrected chi connectivity index (χ4v) is 3.92. The number of hydrogen-bond acceptors (Lipinski definition) is 3. The minimum absolute atomic E-state index is 0.0424. The van der Waals surface area contributed by atoms with E-state index >= 15 is 0 Å². The maximum absolute atomic E-state index is 13.2. The second-order valence-corrected chi connectivity index (χ2v) is 6.88. The van der Waals surface area contributed by atoms with Crippen molar-refractivity contribution in [2.45, 2.75) is 20.8 Å². The van der Waals surface area contributed by atoms with Gasteiger partial charge in [0.1, 0.15) is 11.2 Å². The number of aryl methyl sites for hydroxylation is 3. The standard InChI is InChI=1S/C19H17N3OS/c1-12-4-8-15(9-5-12)16-10-24-18-17(16)19(23)21(11-20-18)22-13(2)6-7-14(22)3/h4-11H,1-3H3. The van der Waals surface area contributed by atoms with E-state index in [1.165, 1.54) is 16.9 Å². The van der Waals surface area contributed by atoms with Crippen molar-refractivity contribution in [2.75, 3.05) is 0 Å². The summed E-state index contributed by atoms with van der Waals surface area (Å²) in [6.45, 7) is 6.03. The lowest BCUT2D eigenvalue weighted by molar-refractivity contribution is 0.594. The summed E-state index contributed by atoms with van der Waals surface area (Å²) in [6, 6.07) is 12.2. The third-order valence-electron chi connectivity index (χ3n) is 4.29. The Bertz CT molecular complexity index is 1080. The molecule has 4 aromatic rings. The van der Waals surface area contributed by atoms with E-state index in [2.05, 4.69) is 36.2 Å². The smallest absolute Gasteiger partial charge is 0.267 e. The lowest BCUT2D eigenvalue weighted by Gasteiger charge is -2.12. The molecule has 0 spiro atoms. The zero-order valence-corrected chi connectivity index (χ0v) is 14.6. The van der Waals surface area contributed by atoms with Crippen LogP contribution in [0.2, 0.25) is 0 Å². The van der Waals surface area contributed by atoms with Crippen LogP contribution in [0.1, 0.15) is 17.0 Å². The molecule has 3 heterocycles. The number of benzene rings is 1. The van der Waals surface area contributed by atoms with Crippen LogP contribution in [0.15, 0.2) is 52.9 Å². The van der Waals surface area contributed by atoms with Gasteiger partial charge in [0, 0.05) is 22.3 Å². The van der Waals surface area contributed by atoms with Crippen LogP contribution >= 0.6 is 11.3 Å². The van der Waals surface area contributed by atoms with E-state index in [0.29, 0.717) is 5.39 Å². The number of hydrogen-bond donors (Lipinski definition) is 0. The van der Waals surface area contributed by atoms with E-state index < -0.39 is 0 Å². The van der Waals surface area contributed by atoms with Gasteiger partial charge in [-0.2, -0.15) is 0 Å². The molecule has 24 heavy (non-hydrogen) atoms. The van der Waals surface area contributed by atoms with Gasteiger partial charge in [0.2, 0.25) is 0 Å². The summed E-state index contributed by atoms with van der Waals surface area (Å²) < 4.78 is 3.49. The van der Waals surface area contributed by atoms with Crippen LogP contribution in [0.25, 0.3) is 21.3 Å². The van der Waals surface area contributed by atoms with E-state index in [0.717, 1.165) is 27.3 Å². The topological polar surface area (TPSA) is 39.8 Å². The van der Waals surface area contributed by atoms with Crippen LogP contribution < -0.4 is 5.56 Å². The van der Waals surface area contributed by atoms with Gasteiger partial charge in [0.25, 0.3) is 5.56 Å². The summed E-state index contributed by atoms with van der Waals surface area (Å²) in [4.78, 5) is 18.4. The first-order valence-corrected chi connectivity index (χ1v) is 8.66. The molecule has 0 bridgehead atoms. The van der Waals surface area contributed by atoms with E-state index in [1.54, 1.807) is 11.0 Å². The highest BCUT2D eigenvalue weighted by Gasteiger charge is 2.15. The number of thiophene rings is 1. The minimum Gasteiger partial charge on any atom is -0.267 e. The SMILES string of the molecule is Cc1ccc(-c2csc3ncn(-n4c(C)ccc4C)c(=O)c23)cc1. The summed E-state index contributed by atoms with van der Waals surface area (Å²) in [5, 5.41) is 2.70. The molecule has 0 aliphatic heterocycles. The zero-order chi connectivity index (χ0) is 16.8. The molecule has 0 atom stereocenters. The summed E-state index contributed by atoms with van der Waals surface area (Å²) >= 11 is 1.51. The molecule has 3 aromatic heterocycles. The monoisotopic (exact) mass is 335 g/mol. The molecule has 120 valence electrons. The molecule has 0 aliphatic rings. The van der Waals surface area contributed by atoms with Crippen molar-refractivity contribution in [1.82, 2.24) is 14.3 Å². The summed E-state index contributed by atoms with van der Waals surface area (Å²) in [7, 11) is 0. The first-order valence-electron chi connectivity index (χ1n) is 7.78. The van der Waals surface area contributed by atoms with Crippen LogP contribution in [-0.2, 0) is 0 Å². The van der Waals surface area contributed by atoms with Crippen molar-refractivity contribution in [1.29, 1.82) is 0 Å². The minimum atomic E-state index is -0.0424. The Morgan fingerprint density at radius 2 is 1.62 bits per heavy atom. The molecule has 0 radical (unpaired) electrons. The van der Waals surface area contributed by atoms with Crippen molar-refractivity contribution >= 4 is 21.6 Å². The largest absolute Gasteiger partial charge is 0.282 e. The Morgan fingerprint density at radius 1 is 0.958 bits per heavy atom. The predicted octanol–water partition coefficient (Wildman–Crippen LogP) is 4.16.